The van der Waals surface area contributed by atoms with E-state index < -0.39 is 0 Å². The Balaban J connectivity index is 1.30. The molecule has 5 aromatic rings. The number of hydrogen-bond acceptors (Lipinski definition) is 3. The minimum absolute atomic E-state index is 0.0759. The highest BCUT2D eigenvalue weighted by atomic mass is 35.5. The van der Waals surface area contributed by atoms with Gasteiger partial charge in [-0.1, -0.05) is 60.1 Å². The van der Waals surface area contributed by atoms with Gasteiger partial charge in [-0.25, -0.2) is 4.39 Å². The summed E-state index contributed by atoms with van der Waals surface area (Å²) < 4.78 is 26.5. The van der Waals surface area contributed by atoms with Gasteiger partial charge in [0.1, 0.15) is 5.82 Å². The van der Waals surface area contributed by atoms with Crippen molar-refractivity contribution < 1.29 is 18.7 Å². The van der Waals surface area contributed by atoms with Crippen LogP contribution in [0.25, 0.3) is 10.9 Å². The predicted octanol–water partition coefficient (Wildman–Crippen LogP) is 7.05. The first-order valence-corrected chi connectivity index (χ1v) is 13.1. The van der Waals surface area contributed by atoms with Crippen molar-refractivity contribution in [3.05, 3.63) is 130 Å². The molecule has 0 radical (unpaired) electrons. The van der Waals surface area contributed by atoms with Gasteiger partial charge in [-0.2, -0.15) is 0 Å². The first-order valence-electron chi connectivity index (χ1n) is 12.8. The molecule has 0 saturated heterocycles. The Bertz CT molecular complexity index is 1650. The normalized spacial score (nSPS) is 13.0. The molecule has 1 aliphatic heterocycles. The number of amides is 1. The quantitative estimate of drug-likeness (QED) is 0.229. The highest BCUT2D eigenvalue weighted by Crippen LogP contribution is 2.36. The molecule has 5 nitrogen and oxygen atoms in total. The molecule has 4 aromatic carbocycles. The van der Waals surface area contributed by atoms with Crippen molar-refractivity contribution in [2.75, 3.05) is 6.79 Å². The Hall–Kier alpha value is -4.29. The van der Waals surface area contributed by atoms with Crippen LogP contribution in [-0.4, -0.2) is 17.3 Å². The van der Waals surface area contributed by atoms with E-state index in [2.05, 4.69) is 28.2 Å². The van der Waals surface area contributed by atoms with E-state index in [0.29, 0.717) is 29.6 Å². The number of fused-ring (bicyclic) bond motifs is 2. The van der Waals surface area contributed by atoms with Crippen LogP contribution in [0.1, 0.15) is 34.6 Å². The van der Waals surface area contributed by atoms with Gasteiger partial charge in [0.15, 0.2) is 11.5 Å². The number of para-hydroxylation sites is 1. The number of rotatable bonds is 8. The second kappa shape index (κ2) is 10.8. The summed E-state index contributed by atoms with van der Waals surface area (Å²) in [6, 6.07) is 28.0. The number of nitrogens with zero attached hydrogens (tertiary/aromatic N) is 1. The minimum Gasteiger partial charge on any atom is -0.454 e. The lowest BCUT2D eigenvalue weighted by Gasteiger charge is -2.18. The Labute approximate surface area is 230 Å². The van der Waals surface area contributed by atoms with Crippen molar-refractivity contribution in [2.24, 2.45) is 0 Å². The fourth-order valence-electron chi connectivity index (χ4n) is 5.11. The Morgan fingerprint density at radius 3 is 2.56 bits per heavy atom. The number of ether oxygens (including phenoxy) is 2. The molecule has 1 atom stereocenters. The summed E-state index contributed by atoms with van der Waals surface area (Å²) in [6.07, 6.45) is 2.35. The first-order chi connectivity index (χ1) is 19.0. The van der Waals surface area contributed by atoms with Crippen molar-refractivity contribution in [1.82, 2.24) is 9.88 Å². The molecule has 0 spiro atoms. The van der Waals surface area contributed by atoms with Gasteiger partial charge in [-0.05, 0) is 64.7 Å². The molecule has 0 unspecified atom stereocenters. The van der Waals surface area contributed by atoms with Crippen molar-refractivity contribution >= 4 is 28.4 Å². The Morgan fingerprint density at radius 1 is 0.923 bits per heavy atom. The third-order valence-corrected chi connectivity index (χ3v) is 7.26. The summed E-state index contributed by atoms with van der Waals surface area (Å²) in [6.45, 7) is 1.17. The van der Waals surface area contributed by atoms with Gasteiger partial charge in [0.05, 0.1) is 0 Å². The highest BCUT2D eigenvalue weighted by Gasteiger charge is 2.23. The molecule has 0 saturated carbocycles. The summed E-state index contributed by atoms with van der Waals surface area (Å²) in [4.78, 5) is 13.3. The fourth-order valence-corrected chi connectivity index (χ4v) is 5.31. The lowest BCUT2D eigenvalue weighted by molar-refractivity contribution is -0.121. The van der Waals surface area contributed by atoms with Gasteiger partial charge < -0.3 is 19.4 Å². The minimum atomic E-state index is -0.260. The fraction of sp³-hybridized carbons (Fsp3) is 0.156. The molecule has 1 aromatic heterocycles. The van der Waals surface area contributed by atoms with E-state index in [-0.39, 0.29) is 30.9 Å². The van der Waals surface area contributed by atoms with E-state index in [0.717, 1.165) is 33.2 Å². The summed E-state index contributed by atoms with van der Waals surface area (Å²) >= 11 is 6.39. The number of carbonyl (C=O) groups excluding carboxylic acids is 1. The average Bonchev–Trinajstić information content (AvgIpc) is 3.56. The Kier molecular flexibility index (Phi) is 6.95. The second-order valence-corrected chi connectivity index (χ2v) is 10.1. The number of halogens is 2. The zero-order valence-electron chi connectivity index (χ0n) is 21.1. The lowest BCUT2D eigenvalue weighted by atomic mass is 9.88. The van der Waals surface area contributed by atoms with Crippen molar-refractivity contribution in [1.29, 1.82) is 0 Å². The SMILES string of the molecule is O=C(C[C@H](c1cccc(Cl)c1)c1cn(Cc2ccc(F)cc2)c2ccccc12)NCc1ccc2c(c1)OCO2. The van der Waals surface area contributed by atoms with E-state index >= 15 is 0 Å². The van der Waals surface area contributed by atoms with Crippen LogP contribution in [0.4, 0.5) is 4.39 Å². The number of benzene rings is 4. The van der Waals surface area contributed by atoms with Gasteiger partial charge in [-0.15, -0.1) is 0 Å². The van der Waals surface area contributed by atoms with Gasteiger partial charge in [0.25, 0.3) is 0 Å². The van der Waals surface area contributed by atoms with Crippen LogP contribution in [0.2, 0.25) is 5.02 Å². The van der Waals surface area contributed by atoms with Crippen molar-refractivity contribution in [3.8, 4) is 11.5 Å². The van der Waals surface area contributed by atoms with E-state index in [1.807, 2.05) is 54.6 Å². The predicted molar refractivity (Wildman–Crippen MR) is 150 cm³/mol. The van der Waals surface area contributed by atoms with E-state index in [1.165, 1.54) is 12.1 Å². The molecule has 6 rings (SSSR count). The van der Waals surface area contributed by atoms with Crippen LogP contribution >= 0.6 is 11.6 Å². The zero-order chi connectivity index (χ0) is 26.8. The summed E-state index contributed by atoms with van der Waals surface area (Å²) in [5, 5.41) is 4.75. The molecule has 0 aliphatic carbocycles. The molecule has 39 heavy (non-hydrogen) atoms. The highest BCUT2D eigenvalue weighted by molar-refractivity contribution is 6.30. The average molecular weight is 541 g/mol. The smallest absolute Gasteiger partial charge is 0.231 e. The molecule has 7 heteroatoms. The molecular formula is C32H26ClFN2O3. The molecule has 0 bridgehead atoms. The van der Waals surface area contributed by atoms with Crippen LogP contribution < -0.4 is 14.8 Å². The standard InChI is InChI=1S/C32H26ClFN2O3/c33-24-5-3-4-23(15-24)27(16-32(37)35-17-22-10-13-30-31(14-22)39-20-38-30)28-19-36(29-7-2-1-6-26(28)29)18-21-8-11-25(34)12-9-21/h1-15,19,27H,16-18,20H2,(H,35,37)/t27-/m1/s1. The third kappa shape index (κ3) is 5.47. The maximum absolute atomic E-state index is 13.5. The molecule has 0 fully saturated rings. The van der Waals surface area contributed by atoms with E-state index in [4.69, 9.17) is 21.1 Å². The van der Waals surface area contributed by atoms with Crippen LogP contribution in [0.3, 0.4) is 0 Å². The molecule has 2 heterocycles. The topological polar surface area (TPSA) is 52.5 Å². The molecule has 196 valence electrons. The van der Waals surface area contributed by atoms with Crippen molar-refractivity contribution in [2.45, 2.75) is 25.4 Å². The summed E-state index contributed by atoms with van der Waals surface area (Å²) in [5.41, 5.74) is 4.97. The third-order valence-electron chi connectivity index (χ3n) is 7.03. The lowest BCUT2D eigenvalue weighted by Crippen LogP contribution is -2.25. The number of aromatic nitrogens is 1. The van der Waals surface area contributed by atoms with Gasteiger partial charge >= 0.3 is 0 Å². The van der Waals surface area contributed by atoms with E-state index in [1.54, 1.807) is 12.1 Å². The van der Waals surface area contributed by atoms with Crippen molar-refractivity contribution in [3.63, 3.8) is 0 Å². The number of carbonyl (C=O) groups is 1. The molecule has 1 aliphatic rings. The number of nitrogens with one attached hydrogen (secondary N) is 1. The number of hydrogen-bond donors (Lipinski definition) is 1. The zero-order valence-corrected chi connectivity index (χ0v) is 21.8. The largest absolute Gasteiger partial charge is 0.454 e. The summed E-state index contributed by atoms with van der Waals surface area (Å²) in [7, 11) is 0. The van der Waals surface area contributed by atoms with Gasteiger partial charge in [-0.3, -0.25) is 4.79 Å². The van der Waals surface area contributed by atoms with Crippen LogP contribution in [-0.2, 0) is 17.9 Å². The van der Waals surface area contributed by atoms with Gasteiger partial charge in [0.2, 0.25) is 12.7 Å². The molecule has 1 amide bonds. The molecule has 1 N–H and O–H groups in total. The van der Waals surface area contributed by atoms with Gasteiger partial charge in [0, 0.05) is 47.6 Å². The van der Waals surface area contributed by atoms with Crippen LogP contribution in [0, 0.1) is 5.82 Å². The van der Waals surface area contributed by atoms with Crippen LogP contribution in [0.5, 0.6) is 11.5 Å². The molecular weight excluding hydrogens is 515 g/mol. The maximum Gasteiger partial charge on any atom is 0.231 e. The van der Waals surface area contributed by atoms with Crippen LogP contribution in [0.15, 0.2) is 97.2 Å². The Morgan fingerprint density at radius 2 is 1.72 bits per heavy atom. The van der Waals surface area contributed by atoms with E-state index in [9.17, 15) is 9.18 Å². The monoisotopic (exact) mass is 540 g/mol. The second-order valence-electron chi connectivity index (χ2n) is 9.63. The maximum atomic E-state index is 13.5. The first kappa shape index (κ1) is 25.0. The summed E-state index contributed by atoms with van der Waals surface area (Å²) in [5.74, 6) is 0.841.